The Labute approximate surface area is 113 Å². The second-order valence-electron chi connectivity index (χ2n) is 4.99. The number of rotatable bonds is 5. The maximum atomic E-state index is 12.1. The van der Waals surface area contributed by atoms with Crippen molar-refractivity contribution < 1.29 is 9.90 Å². The third-order valence-electron chi connectivity index (χ3n) is 2.61. The van der Waals surface area contributed by atoms with Gasteiger partial charge in [-0.15, -0.1) is 0 Å². The number of amides is 1. The minimum Gasteiger partial charge on any atom is -0.389 e. The summed E-state index contributed by atoms with van der Waals surface area (Å²) in [4.78, 5) is 13.8. The number of hydrogen-bond donors (Lipinski definition) is 1. The van der Waals surface area contributed by atoms with Crippen molar-refractivity contribution in [3.05, 3.63) is 34.9 Å². The molecule has 0 fully saturated rings. The minimum atomic E-state index is -0.883. The number of benzene rings is 1. The number of likely N-dealkylation sites (N-methyl/N-ethyl adjacent to an activating group) is 1. The summed E-state index contributed by atoms with van der Waals surface area (Å²) in [5, 5.41) is 10.4. The van der Waals surface area contributed by atoms with Crippen LogP contribution in [0.25, 0.3) is 0 Å². The molecule has 0 unspecified atom stereocenters. The van der Waals surface area contributed by atoms with E-state index in [-0.39, 0.29) is 12.3 Å². The monoisotopic (exact) mass is 269 g/mol. The number of hydrogen-bond acceptors (Lipinski definition) is 2. The molecule has 0 aliphatic rings. The fraction of sp³-hybridized carbons (Fsp3) is 0.500. The predicted molar refractivity (Wildman–Crippen MR) is 73.7 cm³/mol. The van der Waals surface area contributed by atoms with Crippen LogP contribution >= 0.6 is 11.6 Å². The van der Waals surface area contributed by atoms with Crippen LogP contribution in [0.5, 0.6) is 0 Å². The molecule has 1 amide bonds. The summed E-state index contributed by atoms with van der Waals surface area (Å²) in [6.45, 7) is 6.19. The van der Waals surface area contributed by atoms with Gasteiger partial charge in [-0.1, -0.05) is 29.8 Å². The van der Waals surface area contributed by atoms with Gasteiger partial charge in [-0.05, 0) is 32.4 Å². The van der Waals surface area contributed by atoms with Gasteiger partial charge in [0.2, 0.25) is 5.91 Å². The molecule has 1 aromatic rings. The highest BCUT2D eigenvalue weighted by Gasteiger charge is 2.21. The molecule has 0 saturated heterocycles. The van der Waals surface area contributed by atoms with Crippen LogP contribution in [-0.2, 0) is 11.2 Å². The normalized spacial score (nSPS) is 11.4. The van der Waals surface area contributed by atoms with Gasteiger partial charge in [0.1, 0.15) is 0 Å². The quantitative estimate of drug-likeness (QED) is 0.892. The molecule has 0 spiro atoms. The first kappa shape index (κ1) is 15.0. The third kappa shape index (κ3) is 4.67. The van der Waals surface area contributed by atoms with Crippen LogP contribution < -0.4 is 0 Å². The van der Waals surface area contributed by atoms with Crippen molar-refractivity contribution in [2.45, 2.75) is 32.8 Å². The largest absolute Gasteiger partial charge is 0.389 e. The molecule has 1 N–H and O–H groups in total. The first-order chi connectivity index (χ1) is 8.33. The molecule has 0 aliphatic heterocycles. The summed E-state index contributed by atoms with van der Waals surface area (Å²) >= 11 is 6.03. The molecule has 4 heteroatoms. The summed E-state index contributed by atoms with van der Waals surface area (Å²) in [5.74, 6) is -0.0206. The van der Waals surface area contributed by atoms with E-state index >= 15 is 0 Å². The second kappa shape index (κ2) is 6.21. The van der Waals surface area contributed by atoms with E-state index in [1.165, 1.54) is 0 Å². The number of nitrogens with zero attached hydrogens (tertiary/aromatic N) is 1. The third-order valence-corrected chi connectivity index (χ3v) is 2.98. The zero-order valence-electron chi connectivity index (χ0n) is 11.1. The maximum absolute atomic E-state index is 12.1. The SMILES string of the molecule is CCN(CC(C)(C)O)C(=O)Cc1ccccc1Cl. The topological polar surface area (TPSA) is 40.5 Å². The Morgan fingerprint density at radius 3 is 2.50 bits per heavy atom. The van der Waals surface area contributed by atoms with Crippen LogP contribution in [0.3, 0.4) is 0 Å². The van der Waals surface area contributed by atoms with Crippen molar-refractivity contribution in [3.8, 4) is 0 Å². The summed E-state index contributed by atoms with van der Waals surface area (Å²) in [6.07, 6.45) is 0.267. The van der Waals surface area contributed by atoms with Gasteiger partial charge in [-0.25, -0.2) is 0 Å². The van der Waals surface area contributed by atoms with Crippen molar-refractivity contribution in [2.24, 2.45) is 0 Å². The maximum Gasteiger partial charge on any atom is 0.227 e. The van der Waals surface area contributed by atoms with E-state index in [1.807, 2.05) is 25.1 Å². The van der Waals surface area contributed by atoms with E-state index in [0.29, 0.717) is 18.1 Å². The molecule has 1 rings (SSSR count). The number of carbonyl (C=O) groups excluding carboxylic acids is 1. The number of carbonyl (C=O) groups is 1. The van der Waals surface area contributed by atoms with E-state index in [1.54, 1.807) is 24.8 Å². The molecule has 0 aliphatic carbocycles. The fourth-order valence-corrected chi connectivity index (χ4v) is 1.96. The van der Waals surface area contributed by atoms with Gasteiger partial charge >= 0.3 is 0 Å². The Kier molecular flexibility index (Phi) is 5.17. The molecule has 3 nitrogen and oxygen atoms in total. The Morgan fingerprint density at radius 1 is 1.39 bits per heavy atom. The first-order valence-electron chi connectivity index (χ1n) is 6.07. The molecule has 0 bridgehead atoms. The van der Waals surface area contributed by atoms with Crippen LogP contribution in [-0.4, -0.2) is 34.6 Å². The molecular formula is C14H20ClNO2. The zero-order chi connectivity index (χ0) is 13.8. The van der Waals surface area contributed by atoms with E-state index in [9.17, 15) is 9.90 Å². The summed E-state index contributed by atoms with van der Waals surface area (Å²) in [5.41, 5.74) is -0.0649. The lowest BCUT2D eigenvalue weighted by atomic mass is 10.1. The molecule has 18 heavy (non-hydrogen) atoms. The lowest BCUT2D eigenvalue weighted by Crippen LogP contribution is -2.42. The second-order valence-corrected chi connectivity index (χ2v) is 5.40. The van der Waals surface area contributed by atoms with Crippen molar-refractivity contribution in [1.29, 1.82) is 0 Å². The molecule has 0 radical (unpaired) electrons. The molecule has 1 aromatic carbocycles. The zero-order valence-corrected chi connectivity index (χ0v) is 11.9. The molecule has 0 aromatic heterocycles. The molecule has 0 heterocycles. The van der Waals surface area contributed by atoms with Crippen molar-refractivity contribution in [2.75, 3.05) is 13.1 Å². The van der Waals surface area contributed by atoms with Crippen LogP contribution in [0.1, 0.15) is 26.3 Å². The molecule has 0 saturated carbocycles. The lowest BCUT2D eigenvalue weighted by Gasteiger charge is -2.28. The smallest absolute Gasteiger partial charge is 0.227 e. The van der Waals surface area contributed by atoms with Gasteiger partial charge in [0.15, 0.2) is 0 Å². The summed E-state index contributed by atoms with van der Waals surface area (Å²) in [6, 6.07) is 7.32. The van der Waals surface area contributed by atoms with Gasteiger partial charge in [0.05, 0.1) is 12.0 Å². The van der Waals surface area contributed by atoms with Gasteiger partial charge in [0.25, 0.3) is 0 Å². The van der Waals surface area contributed by atoms with Crippen LogP contribution in [0.4, 0.5) is 0 Å². The van der Waals surface area contributed by atoms with Crippen molar-refractivity contribution >= 4 is 17.5 Å². The minimum absolute atomic E-state index is 0.0206. The van der Waals surface area contributed by atoms with Gasteiger partial charge in [-0.2, -0.15) is 0 Å². The van der Waals surface area contributed by atoms with E-state index in [2.05, 4.69) is 0 Å². The average molecular weight is 270 g/mol. The number of halogens is 1. The lowest BCUT2D eigenvalue weighted by molar-refractivity contribution is -0.133. The Bertz CT molecular complexity index is 413. The molecule has 0 atom stereocenters. The Balaban J connectivity index is 2.72. The Morgan fingerprint density at radius 2 is 2.00 bits per heavy atom. The van der Waals surface area contributed by atoms with Gasteiger partial charge in [-0.3, -0.25) is 4.79 Å². The summed E-state index contributed by atoms with van der Waals surface area (Å²) in [7, 11) is 0. The molecular weight excluding hydrogens is 250 g/mol. The van der Waals surface area contributed by atoms with E-state index < -0.39 is 5.60 Å². The van der Waals surface area contributed by atoms with Gasteiger partial charge in [0, 0.05) is 18.1 Å². The summed E-state index contributed by atoms with van der Waals surface area (Å²) < 4.78 is 0. The Hall–Kier alpha value is -1.06. The van der Waals surface area contributed by atoms with Crippen LogP contribution in [0.15, 0.2) is 24.3 Å². The van der Waals surface area contributed by atoms with Crippen molar-refractivity contribution in [3.63, 3.8) is 0 Å². The standard InChI is InChI=1S/C14H20ClNO2/c1-4-16(10-14(2,3)18)13(17)9-11-7-5-6-8-12(11)15/h5-8,18H,4,9-10H2,1-3H3. The fourth-order valence-electron chi connectivity index (χ4n) is 1.76. The van der Waals surface area contributed by atoms with Crippen LogP contribution in [0, 0.1) is 0 Å². The number of aliphatic hydroxyl groups is 1. The highest BCUT2D eigenvalue weighted by atomic mass is 35.5. The highest BCUT2D eigenvalue weighted by molar-refractivity contribution is 6.31. The first-order valence-corrected chi connectivity index (χ1v) is 6.45. The predicted octanol–water partition coefficient (Wildman–Crippen LogP) is 2.50. The average Bonchev–Trinajstić information content (AvgIpc) is 2.27. The van der Waals surface area contributed by atoms with Crippen molar-refractivity contribution in [1.82, 2.24) is 4.90 Å². The molecule has 100 valence electrons. The van der Waals surface area contributed by atoms with Gasteiger partial charge < -0.3 is 10.0 Å². The van der Waals surface area contributed by atoms with E-state index in [0.717, 1.165) is 5.56 Å². The van der Waals surface area contributed by atoms with E-state index in [4.69, 9.17) is 11.6 Å². The van der Waals surface area contributed by atoms with Crippen LogP contribution in [0.2, 0.25) is 5.02 Å². The highest BCUT2D eigenvalue weighted by Crippen LogP contribution is 2.16.